The maximum atomic E-state index is 6.72. The summed E-state index contributed by atoms with van der Waals surface area (Å²) >= 11 is -6.20. The summed E-state index contributed by atoms with van der Waals surface area (Å²) in [5, 5.41) is 0. The summed E-state index contributed by atoms with van der Waals surface area (Å²) in [7, 11) is 0. The van der Waals surface area contributed by atoms with E-state index in [1.807, 2.05) is 152 Å². The van der Waals surface area contributed by atoms with E-state index in [-0.39, 0.29) is 0 Å². The molecule has 0 aliphatic rings. The van der Waals surface area contributed by atoms with Crippen LogP contribution >= 0.6 is 0 Å². The van der Waals surface area contributed by atoms with Crippen molar-refractivity contribution < 1.29 is 15.1 Å². The molecule has 0 saturated heterocycles. The third-order valence-corrected chi connectivity index (χ3v) is 12.3. The van der Waals surface area contributed by atoms with Gasteiger partial charge in [0, 0.05) is 0 Å². The fraction of sp³-hybridized carbons (Fsp3) is 0. The number of rotatable bonds is 10. The average molecular weight is 587 g/mol. The summed E-state index contributed by atoms with van der Waals surface area (Å²) in [6.45, 7) is 0. The van der Waals surface area contributed by atoms with Crippen molar-refractivity contribution in [3.63, 3.8) is 0 Å². The second-order valence-electron chi connectivity index (χ2n) is 7.77. The molecule has 0 unspecified atom stereocenters. The van der Waals surface area contributed by atoms with Crippen LogP contribution in [0.4, 0.5) is 0 Å². The van der Waals surface area contributed by atoms with Crippen LogP contribution in [0.25, 0.3) is 0 Å². The van der Waals surface area contributed by atoms with Crippen LogP contribution in [0.3, 0.4) is 0 Å². The van der Waals surface area contributed by atoms with Crippen LogP contribution in [0.1, 0.15) is 0 Å². The van der Waals surface area contributed by atoms with E-state index in [2.05, 4.69) is 0 Å². The standard InChI is InChI=1S/5C6H6O.Sb/c5*7-6-4-2-1-3-5-6;/h5*1-5,7H;/q;;;;;+5/p-5. The molecule has 0 aliphatic heterocycles. The zero-order chi connectivity index (χ0) is 24.5. The predicted molar refractivity (Wildman–Crippen MR) is 141 cm³/mol. The van der Waals surface area contributed by atoms with Gasteiger partial charge in [-0.1, -0.05) is 0 Å². The molecule has 0 aromatic heterocycles. The SMILES string of the molecule is c1ccc([O][Sb]([O]c2ccccc2)([O]c2ccccc2)([O]c2ccccc2)[O]c2ccccc2)cc1. The monoisotopic (exact) mass is 586 g/mol. The van der Waals surface area contributed by atoms with E-state index in [0.717, 1.165) is 0 Å². The molecule has 5 rings (SSSR count). The van der Waals surface area contributed by atoms with Crippen LogP contribution in [-0.2, 0) is 0 Å². The van der Waals surface area contributed by atoms with Gasteiger partial charge in [0.1, 0.15) is 0 Å². The van der Waals surface area contributed by atoms with Gasteiger partial charge in [-0.05, 0) is 0 Å². The number of hydrogen-bond donors (Lipinski definition) is 0. The van der Waals surface area contributed by atoms with Crippen molar-refractivity contribution in [2.24, 2.45) is 0 Å². The van der Waals surface area contributed by atoms with E-state index < -0.39 is 19.5 Å². The number of para-hydroxylation sites is 5. The minimum absolute atomic E-state index is 0.484. The van der Waals surface area contributed by atoms with Gasteiger partial charge in [0.15, 0.2) is 0 Å². The second kappa shape index (κ2) is 10.7. The Labute approximate surface area is 214 Å². The molecule has 0 amide bonds. The van der Waals surface area contributed by atoms with Crippen molar-refractivity contribution >= 4 is 19.5 Å². The Morgan fingerprint density at radius 3 is 0.583 bits per heavy atom. The zero-order valence-corrected chi connectivity index (χ0v) is 22.0. The molecule has 0 spiro atoms. The summed E-state index contributed by atoms with van der Waals surface area (Å²) < 4.78 is 33.6. The molecule has 5 nitrogen and oxygen atoms in total. The van der Waals surface area contributed by atoms with Crippen LogP contribution < -0.4 is 15.1 Å². The molecule has 36 heavy (non-hydrogen) atoms. The fourth-order valence-electron chi connectivity index (χ4n) is 3.45. The molecule has 180 valence electrons. The van der Waals surface area contributed by atoms with Crippen LogP contribution in [0.15, 0.2) is 152 Å². The van der Waals surface area contributed by atoms with Crippen LogP contribution in [0, 0.1) is 0 Å². The average Bonchev–Trinajstić information content (AvgIpc) is 2.91. The molecular formula is C30H25O5Sb. The van der Waals surface area contributed by atoms with Crippen LogP contribution in [-0.4, -0.2) is 19.5 Å². The molecule has 0 N–H and O–H groups in total. The van der Waals surface area contributed by atoms with Gasteiger partial charge in [-0.2, -0.15) is 0 Å². The van der Waals surface area contributed by atoms with Crippen molar-refractivity contribution in [1.82, 2.24) is 0 Å². The first kappa shape index (κ1) is 23.7. The zero-order valence-electron chi connectivity index (χ0n) is 19.4. The van der Waals surface area contributed by atoms with Crippen molar-refractivity contribution in [2.45, 2.75) is 0 Å². The van der Waals surface area contributed by atoms with Crippen molar-refractivity contribution in [1.29, 1.82) is 0 Å². The Balaban J connectivity index is 1.76. The molecule has 0 saturated carbocycles. The number of benzene rings is 5. The topological polar surface area (TPSA) is 46.2 Å². The van der Waals surface area contributed by atoms with Gasteiger partial charge in [-0.25, -0.2) is 0 Å². The van der Waals surface area contributed by atoms with E-state index in [1.54, 1.807) is 0 Å². The summed E-state index contributed by atoms with van der Waals surface area (Å²) in [6.07, 6.45) is 0. The molecule has 5 aromatic carbocycles. The third kappa shape index (κ3) is 5.76. The van der Waals surface area contributed by atoms with E-state index in [9.17, 15) is 0 Å². The molecule has 6 heteroatoms. The Morgan fingerprint density at radius 1 is 0.250 bits per heavy atom. The van der Waals surface area contributed by atoms with Crippen molar-refractivity contribution in [2.75, 3.05) is 0 Å². The summed E-state index contributed by atoms with van der Waals surface area (Å²) in [6, 6.07) is 46.4. The maximum absolute atomic E-state index is 6.72. The first-order chi connectivity index (χ1) is 17.7. The fourth-order valence-corrected chi connectivity index (χ4v) is 11.2. The van der Waals surface area contributed by atoms with Gasteiger partial charge >= 0.3 is 215 Å². The molecule has 0 heterocycles. The first-order valence-corrected chi connectivity index (χ1v) is 16.7. The van der Waals surface area contributed by atoms with E-state index in [4.69, 9.17) is 15.1 Å². The third-order valence-electron chi connectivity index (χ3n) is 4.99. The quantitative estimate of drug-likeness (QED) is 0.161. The molecule has 0 atom stereocenters. The van der Waals surface area contributed by atoms with Crippen LogP contribution in [0.5, 0.6) is 28.7 Å². The summed E-state index contributed by atoms with van der Waals surface area (Å²) in [5.41, 5.74) is 0. The second-order valence-corrected chi connectivity index (χ2v) is 14.6. The molecule has 0 aliphatic carbocycles. The first-order valence-electron chi connectivity index (χ1n) is 11.5. The molecule has 0 radical (unpaired) electrons. The van der Waals surface area contributed by atoms with Crippen molar-refractivity contribution in [3.05, 3.63) is 152 Å². The summed E-state index contributed by atoms with van der Waals surface area (Å²) in [4.78, 5) is 0. The Bertz CT molecular complexity index is 1090. The minimum atomic E-state index is -6.20. The molecular weight excluding hydrogens is 562 g/mol. The van der Waals surface area contributed by atoms with Gasteiger partial charge in [0.05, 0.1) is 0 Å². The normalized spacial score (nSPS) is 11.9. The number of hydrogen-bond acceptors (Lipinski definition) is 5. The predicted octanol–water partition coefficient (Wildman–Crippen LogP) is 7.27. The Kier molecular flexibility index (Phi) is 7.01. The van der Waals surface area contributed by atoms with E-state index in [0.29, 0.717) is 28.7 Å². The van der Waals surface area contributed by atoms with Crippen molar-refractivity contribution in [3.8, 4) is 28.7 Å². The van der Waals surface area contributed by atoms with Gasteiger partial charge in [0.25, 0.3) is 0 Å². The van der Waals surface area contributed by atoms with Gasteiger partial charge in [-0.15, -0.1) is 0 Å². The Hall–Kier alpha value is -4.08. The van der Waals surface area contributed by atoms with Crippen LogP contribution in [0.2, 0.25) is 0 Å². The van der Waals surface area contributed by atoms with Gasteiger partial charge in [-0.3, -0.25) is 0 Å². The van der Waals surface area contributed by atoms with E-state index >= 15 is 0 Å². The van der Waals surface area contributed by atoms with Gasteiger partial charge in [0.2, 0.25) is 0 Å². The van der Waals surface area contributed by atoms with E-state index in [1.165, 1.54) is 0 Å². The summed E-state index contributed by atoms with van der Waals surface area (Å²) in [5.74, 6) is 2.42. The molecule has 0 bridgehead atoms. The Morgan fingerprint density at radius 2 is 0.417 bits per heavy atom. The molecule has 5 aromatic rings. The molecule has 0 fully saturated rings. The van der Waals surface area contributed by atoms with Gasteiger partial charge < -0.3 is 0 Å².